The van der Waals surface area contributed by atoms with Gasteiger partial charge in [-0.15, -0.1) is 0 Å². The Hall–Kier alpha value is -4.06. The van der Waals surface area contributed by atoms with Gasteiger partial charge in [0, 0.05) is 6.54 Å². The molecule has 0 spiro atoms. The fourth-order valence-corrected chi connectivity index (χ4v) is 3.73. The number of halogens is 1. The lowest BCUT2D eigenvalue weighted by Gasteiger charge is -2.34. The van der Waals surface area contributed by atoms with Gasteiger partial charge in [0.2, 0.25) is 5.95 Å². The van der Waals surface area contributed by atoms with Gasteiger partial charge in [-0.3, -0.25) is 4.79 Å². The Morgan fingerprint density at radius 3 is 2.77 bits per heavy atom. The van der Waals surface area contributed by atoms with Crippen LogP contribution in [0, 0.1) is 5.82 Å². The zero-order valence-electron chi connectivity index (χ0n) is 19.5. The number of nitrogens with one attached hydrogen (secondary N) is 3. The van der Waals surface area contributed by atoms with Crippen LogP contribution >= 0.6 is 0 Å². The van der Waals surface area contributed by atoms with Crippen LogP contribution in [0.4, 0.5) is 39.3 Å². The van der Waals surface area contributed by atoms with Gasteiger partial charge in [-0.25, -0.2) is 19.3 Å². The first-order chi connectivity index (χ1) is 16.8. The maximum atomic E-state index is 14.4. The summed E-state index contributed by atoms with van der Waals surface area (Å²) in [5, 5.41) is 8.55. The first-order valence-corrected chi connectivity index (χ1v) is 11.2. The lowest BCUT2D eigenvalue weighted by Crippen LogP contribution is -2.46. The second-order valence-electron chi connectivity index (χ2n) is 8.77. The Bertz CT molecular complexity index is 1250. The van der Waals surface area contributed by atoms with E-state index in [4.69, 9.17) is 9.47 Å². The highest BCUT2D eigenvalue weighted by Gasteiger charge is 2.36. The highest BCUT2D eigenvalue weighted by atomic mass is 19.1. The topological polar surface area (TPSA) is 126 Å². The molecule has 0 radical (unpaired) electrons. The van der Waals surface area contributed by atoms with E-state index >= 15 is 0 Å². The van der Waals surface area contributed by atoms with Gasteiger partial charge in [0.25, 0.3) is 5.91 Å². The Morgan fingerprint density at radius 2 is 2.00 bits per heavy atom. The molecule has 2 aliphatic heterocycles. The fourth-order valence-electron chi connectivity index (χ4n) is 3.73. The van der Waals surface area contributed by atoms with Crippen molar-refractivity contribution in [2.75, 3.05) is 40.6 Å². The summed E-state index contributed by atoms with van der Waals surface area (Å²) in [6, 6.07) is 7.26. The number of carbonyl (C=O) groups excluding carboxylic acids is 1. The summed E-state index contributed by atoms with van der Waals surface area (Å²) in [5.41, 5.74) is -0.349. The molecule has 5 rings (SSSR count). The minimum atomic E-state index is -1.00. The number of anilines is 6. The van der Waals surface area contributed by atoms with E-state index in [0.29, 0.717) is 24.7 Å². The molecule has 1 saturated heterocycles. The van der Waals surface area contributed by atoms with Crippen molar-refractivity contribution in [3.8, 4) is 5.75 Å². The molecule has 5 heterocycles. The third-order valence-electron chi connectivity index (χ3n) is 5.66. The molecule has 182 valence electrons. The van der Waals surface area contributed by atoms with Crippen LogP contribution in [0.5, 0.6) is 5.75 Å². The average Bonchev–Trinajstić information content (AvgIpc) is 2.83. The van der Waals surface area contributed by atoms with E-state index < -0.39 is 11.4 Å². The van der Waals surface area contributed by atoms with Gasteiger partial charge in [0.1, 0.15) is 11.6 Å². The lowest BCUT2D eigenvalue weighted by atomic mass is 10.1. The molecule has 35 heavy (non-hydrogen) atoms. The van der Waals surface area contributed by atoms with Crippen molar-refractivity contribution >= 4 is 40.8 Å². The van der Waals surface area contributed by atoms with E-state index in [1.165, 1.54) is 0 Å². The number of hydrogen-bond acceptors (Lipinski definition) is 10. The minimum Gasteiger partial charge on any atom is -0.474 e. The quantitative estimate of drug-likeness (QED) is 0.501. The van der Waals surface area contributed by atoms with Crippen LogP contribution in [0.25, 0.3) is 0 Å². The summed E-state index contributed by atoms with van der Waals surface area (Å²) in [5.74, 6) is 0.919. The maximum absolute atomic E-state index is 14.4. The summed E-state index contributed by atoms with van der Waals surface area (Å²) in [4.78, 5) is 31.4. The molecule has 0 bridgehead atoms. The number of aromatic nitrogens is 4. The SMILES string of the molecule is C[C@H]1COCCN1c1ccc(Nc2ncc(F)c(Nc3ccc4c(n3)NC(=O)C(C)(C)O4)n2)cn1. The van der Waals surface area contributed by atoms with E-state index in [1.807, 2.05) is 12.1 Å². The highest BCUT2D eigenvalue weighted by molar-refractivity contribution is 5.99. The summed E-state index contributed by atoms with van der Waals surface area (Å²) in [6.07, 6.45) is 2.73. The second kappa shape index (κ2) is 8.95. The molecule has 1 amide bonds. The number of morpholine rings is 1. The highest BCUT2D eigenvalue weighted by Crippen LogP contribution is 2.33. The van der Waals surface area contributed by atoms with Crippen molar-refractivity contribution in [1.82, 2.24) is 19.9 Å². The van der Waals surface area contributed by atoms with Crippen LogP contribution in [-0.2, 0) is 9.53 Å². The lowest BCUT2D eigenvalue weighted by molar-refractivity contribution is -0.129. The number of ether oxygens (including phenoxy) is 2. The number of nitrogens with zero attached hydrogens (tertiary/aromatic N) is 5. The molecule has 11 nitrogen and oxygen atoms in total. The zero-order chi connectivity index (χ0) is 24.6. The van der Waals surface area contributed by atoms with Crippen LogP contribution in [0.15, 0.2) is 36.7 Å². The molecule has 12 heteroatoms. The summed E-state index contributed by atoms with van der Waals surface area (Å²) < 4.78 is 25.6. The van der Waals surface area contributed by atoms with Crippen molar-refractivity contribution in [2.45, 2.75) is 32.4 Å². The molecule has 3 aromatic rings. The van der Waals surface area contributed by atoms with Gasteiger partial charge >= 0.3 is 0 Å². The third-order valence-corrected chi connectivity index (χ3v) is 5.66. The van der Waals surface area contributed by atoms with E-state index in [1.54, 1.807) is 32.2 Å². The van der Waals surface area contributed by atoms with E-state index in [2.05, 4.69) is 47.7 Å². The van der Waals surface area contributed by atoms with Gasteiger partial charge in [-0.2, -0.15) is 4.98 Å². The Kier molecular flexibility index (Phi) is 5.81. The van der Waals surface area contributed by atoms with Crippen LogP contribution < -0.4 is 25.6 Å². The molecule has 1 atom stereocenters. The van der Waals surface area contributed by atoms with Crippen molar-refractivity contribution in [3.63, 3.8) is 0 Å². The largest absolute Gasteiger partial charge is 0.474 e. The minimum absolute atomic E-state index is 0.0787. The molecule has 3 N–H and O–H groups in total. The first-order valence-electron chi connectivity index (χ1n) is 11.2. The van der Waals surface area contributed by atoms with Crippen molar-refractivity contribution < 1.29 is 18.7 Å². The number of fused-ring (bicyclic) bond motifs is 1. The van der Waals surface area contributed by atoms with Gasteiger partial charge in [0.05, 0.1) is 37.3 Å². The van der Waals surface area contributed by atoms with E-state index in [-0.39, 0.29) is 35.4 Å². The monoisotopic (exact) mass is 480 g/mol. The van der Waals surface area contributed by atoms with Crippen molar-refractivity contribution in [1.29, 1.82) is 0 Å². The Labute approximate surface area is 201 Å². The first kappa shape index (κ1) is 22.7. The van der Waals surface area contributed by atoms with Crippen LogP contribution in [0.2, 0.25) is 0 Å². The molecule has 1 fully saturated rings. The van der Waals surface area contributed by atoms with Gasteiger partial charge in [0.15, 0.2) is 28.8 Å². The molecule has 0 aromatic carbocycles. The summed E-state index contributed by atoms with van der Waals surface area (Å²) in [6.45, 7) is 7.52. The van der Waals surface area contributed by atoms with Crippen molar-refractivity contribution in [3.05, 3.63) is 42.5 Å². The molecular formula is C23H25FN8O3. The fraction of sp³-hybridized carbons (Fsp3) is 0.348. The van der Waals surface area contributed by atoms with Crippen LogP contribution in [0.1, 0.15) is 20.8 Å². The molecule has 0 unspecified atom stereocenters. The van der Waals surface area contributed by atoms with Gasteiger partial charge < -0.3 is 30.3 Å². The predicted octanol–water partition coefficient (Wildman–Crippen LogP) is 3.23. The molecule has 3 aromatic heterocycles. The Balaban J connectivity index is 1.30. The number of rotatable bonds is 5. The predicted molar refractivity (Wildman–Crippen MR) is 128 cm³/mol. The standard InChI is InChI=1S/C23H25FN8O3/c1-13-12-34-9-8-32(13)18-7-4-14(10-25-18)27-22-26-11-15(24)19(31-22)28-17-6-5-16-20(29-17)30-21(33)23(2,3)35-16/h4-7,10-11,13H,8-9,12H2,1-3H3,(H3,26,27,28,29,30,31,33)/t13-/m0/s1. The molecule has 0 saturated carbocycles. The number of amides is 1. The zero-order valence-corrected chi connectivity index (χ0v) is 19.5. The van der Waals surface area contributed by atoms with Gasteiger partial charge in [-0.1, -0.05) is 0 Å². The van der Waals surface area contributed by atoms with Gasteiger partial charge in [-0.05, 0) is 45.0 Å². The molecule has 2 aliphatic rings. The molecule has 0 aliphatic carbocycles. The smallest absolute Gasteiger partial charge is 0.269 e. The summed E-state index contributed by atoms with van der Waals surface area (Å²) in [7, 11) is 0. The summed E-state index contributed by atoms with van der Waals surface area (Å²) >= 11 is 0. The third kappa shape index (κ3) is 4.78. The van der Waals surface area contributed by atoms with Crippen LogP contribution in [0.3, 0.4) is 0 Å². The van der Waals surface area contributed by atoms with Crippen LogP contribution in [-0.4, -0.2) is 57.2 Å². The second-order valence-corrected chi connectivity index (χ2v) is 8.77. The number of carbonyl (C=O) groups is 1. The maximum Gasteiger partial charge on any atom is 0.269 e. The van der Waals surface area contributed by atoms with Crippen molar-refractivity contribution in [2.24, 2.45) is 0 Å². The molecular weight excluding hydrogens is 455 g/mol. The van der Waals surface area contributed by atoms with E-state index in [0.717, 1.165) is 18.6 Å². The number of pyridine rings is 2. The normalized spacial score (nSPS) is 18.8. The van der Waals surface area contributed by atoms with E-state index in [9.17, 15) is 9.18 Å². The Morgan fingerprint density at radius 1 is 1.14 bits per heavy atom. The number of hydrogen-bond donors (Lipinski definition) is 3. The average molecular weight is 481 g/mol.